The number of nitrogens with one attached hydrogen (secondary N) is 2. The van der Waals surface area contributed by atoms with Gasteiger partial charge in [0.05, 0.1) is 36.6 Å². The van der Waals surface area contributed by atoms with Crippen molar-refractivity contribution in [3.8, 4) is 5.75 Å². The largest absolute Gasteiger partial charge is 0.495 e. The number of aromatic nitrogens is 4. The molecule has 3 rings (SSSR count). The molecule has 3 aromatic rings. The zero-order valence-electron chi connectivity index (χ0n) is 22.0. The average molecular weight is 553 g/mol. The van der Waals surface area contributed by atoms with Crippen LogP contribution >= 0.6 is 11.6 Å². The van der Waals surface area contributed by atoms with Gasteiger partial charge in [-0.1, -0.05) is 31.0 Å². The number of aliphatic hydroxyl groups is 5. The number of hydrogen-bond acceptors (Lipinski definition) is 11. The maximum absolute atomic E-state index is 10.4. The summed E-state index contributed by atoms with van der Waals surface area (Å²) in [6.45, 7) is 3.54. The van der Waals surface area contributed by atoms with Crippen molar-refractivity contribution in [2.75, 3.05) is 32.6 Å². The van der Waals surface area contributed by atoms with E-state index < -0.39 is 37.1 Å². The van der Waals surface area contributed by atoms with Crippen LogP contribution in [0.2, 0.25) is 5.02 Å². The van der Waals surface area contributed by atoms with Crippen molar-refractivity contribution in [2.45, 2.75) is 63.7 Å². The Morgan fingerprint density at radius 1 is 1.11 bits per heavy atom. The lowest BCUT2D eigenvalue weighted by Crippen LogP contribution is -2.49. The smallest absolute Gasteiger partial charge is 0.158 e. The van der Waals surface area contributed by atoms with Gasteiger partial charge in [0.15, 0.2) is 11.3 Å². The van der Waals surface area contributed by atoms with Gasteiger partial charge in [0.1, 0.15) is 35.4 Å². The lowest BCUT2D eigenvalue weighted by atomic mass is 10.0. The van der Waals surface area contributed by atoms with E-state index in [9.17, 15) is 20.4 Å². The Morgan fingerprint density at radius 3 is 2.45 bits per heavy atom. The minimum atomic E-state index is -1.70. The first-order chi connectivity index (χ1) is 18.1. The summed E-state index contributed by atoms with van der Waals surface area (Å²) in [5.74, 6) is 1.57. The van der Waals surface area contributed by atoms with Gasteiger partial charge in [-0.25, -0.2) is 9.97 Å². The number of methoxy groups -OCH3 is 1. The lowest BCUT2D eigenvalue weighted by Gasteiger charge is -2.31. The molecule has 0 amide bonds. The Balaban J connectivity index is 1.85. The Morgan fingerprint density at radius 2 is 1.82 bits per heavy atom. The molecule has 0 bridgehead atoms. The molecule has 0 saturated carbocycles. The van der Waals surface area contributed by atoms with E-state index in [1.54, 1.807) is 25.1 Å². The average Bonchev–Trinajstić information content (AvgIpc) is 3.32. The zero-order valence-corrected chi connectivity index (χ0v) is 22.7. The molecule has 12 nitrogen and oxygen atoms in total. The van der Waals surface area contributed by atoms with Crippen LogP contribution in [0.1, 0.15) is 43.4 Å². The summed E-state index contributed by atoms with van der Waals surface area (Å²) in [7, 11) is 3.28. The van der Waals surface area contributed by atoms with Crippen molar-refractivity contribution in [2.24, 2.45) is 0 Å². The van der Waals surface area contributed by atoms with E-state index in [0.717, 1.165) is 24.1 Å². The Kier molecular flexibility index (Phi) is 10.6. The first kappa shape index (κ1) is 30.0. The van der Waals surface area contributed by atoms with E-state index >= 15 is 0 Å². The molecule has 13 heteroatoms. The number of ether oxygens (including phenoxy) is 1. The highest BCUT2D eigenvalue weighted by atomic mass is 35.5. The number of halogens is 1. The predicted octanol–water partition coefficient (Wildman–Crippen LogP) is 1.01. The number of H-pyrrole nitrogens is 1. The molecule has 0 aliphatic carbocycles. The van der Waals surface area contributed by atoms with E-state index in [1.165, 1.54) is 0 Å². The molecule has 0 spiro atoms. The SMILES string of the molecule is CCCc1[nH]nc2c(NCc3ccc(OC)c(Cl)c3)nc(C(C)N(C)C[C@@H](O)[C@H](O)[C@@H](O)[C@@H](O)CO)nc12. The molecule has 7 N–H and O–H groups in total. The van der Waals surface area contributed by atoms with Crippen LogP contribution in [0.15, 0.2) is 18.2 Å². The molecule has 1 unspecified atom stereocenters. The third kappa shape index (κ3) is 6.89. The molecule has 0 fully saturated rings. The molecule has 0 aliphatic heterocycles. The Labute approximate surface area is 226 Å². The molecular formula is C25H37ClN6O6. The molecule has 38 heavy (non-hydrogen) atoms. The number of fused-ring (bicyclic) bond motifs is 1. The number of anilines is 1. The molecule has 2 aromatic heterocycles. The van der Waals surface area contributed by atoms with E-state index in [2.05, 4.69) is 22.4 Å². The number of rotatable bonds is 14. The fourth-order valence-corrected chi connectivity index (χ4v) is 4.31. The summed E-state index contributed by atoms with van der Waals surface area (Å²) in [5.41, 5.74) is 3.09. The minimum Gasteiger partial charge on any atom is -0.495 e. The van der Waals surface area contributed by atoms with Crippen molar-refractivity contribution >= 4 is 28.5 Å². The molecule has 0 saturated heterocycles. The van der Waals surface area contributed by atoms with Gasteiger partial charge < -0.3 is 35.6 Å². The van der Waals surface area contributed by atoms with E-state index in [1.807, 2.05) is 19.1 Å². The molecule has 0 aliphatic rings. The van der Waals surface area contributed by atoms with Crippen LogP contribution in [-0.4, -0.2) is 102 Å². The van der Waals surface area contributed by atoms with Crippen LogP contribution in [0.3, 0.4) is 0 Å². The second-order valence-corrected chi connectivity index (χ2v) is 9.72. The monoisotopic (exact) mass is 552 g/mol. The van der Waals surface area contributed by atoms with Gasteiger partial charge in [0.2, 0.25) is 0 Å². The summed E-state index contributed by atoms with van der Waals surface area (Å²) < 4.78 is 5.22. The van der Waals surface area contributed by atoms with Crippen molar-refractivity contribution in [3.05, 3.63) is 40.3 Å². The molecule has 210 valence electrons. The third-order valence-electron chi connectivity index (χ3n) is 6.50. The fraction of sp³-hybridized carbons (Fsp3) is 0.560. The normalized spacial score (nSPS) is 15.9. The predicted molar refractivity (Wildman–Crippen MR) is 143 cm³/mol. The standard InChI is InChI=1S/C25H37ClN6O6/c1-5-6-16-20-21(31-30-16)25(27-10-14-7-8-19(38-4)15(26)9-14)29-24(28-20)13(2)32(3)11-17(34)22(36)23(37)18(35)12-33/h7-9,13,17-18,22-23,33-37H,5-6,10-12H2,1-4H3,(H,30,31)(H,27,28,29)/t13?,17-,18+,22+,23+/m1/s1. The number of likely N-dealkylation sites (N-methyl/N-ethyl adjacent to an activating group) is 1. The highest BCUT2D eigenvalue weighted by Crippen LogP contribution is 2.28. The van der Waals surface area contributed by atoms with E-state index in [0.29, 0.717) is 40.0 Å². The highest BCUT2D eigenvalue weighted by molar-refractivity contribution is 6.32. The van der Waals surface area contributed by atoms with Crippen LogP contribution in [0.5, 0.6) is 5.75 Å². The summed E-state index contributed by atoms with van der Waals surface area (Å²) in [5, 5.41) is 60.5. The van der Waals surface area contributed by atoms with Crippen molar-refractivity contribution in [1.29, 1.82) is 0 Å². The lowest BCUT2D eigenvalue weighted by molar-refractivity contribution is -0.119. The van der Waals surface area contributed by atoms with E-state index in [-0.39, 0.29) is 6.54 Å². The fourth-order valence-electron chi connectivity index (χ4n) is 4.03. The van der Waals surface area contributed by atoms with Gasteiger partial charge in [0, 0.05) is 13.1 Å². The van der Waals surface area contributed by atoms with Crippen LogP contribution in [-0.2, 0) is 13.0 Å². The Hall–Kier alpha value is -2.58. The molecule has 2 heterocycles. The number of benzene rings is 1. The van der Waals surface area contributed by atoms with Gasteiger partial charge in [-0.2, -0.15) is 5.10 Å². The third-order valence-corrected chi connectivity index (χ3v) is 6.80. The first-order valence-corrected chi connectivity index (χ1v) is 12.8. The minimum absolute atomic E-state index is 0.0563. The number of aliphatic hydroxyl groups excluding tert-OH is 5. The zero-order chi connectivity index (χ0) is 28.0. The van der Waals surface area contributed by atoms with Crippen molar-refractivity contribution in [3.63, 3.8) is 0 Å². The molecular weight excluding hydrogens is 516 g/mol. The number of hydrogen-bond donors (Lipinski definition) is 7. The number of nitrogens with zero attached hydrogens (tertiary/aromatic N) is 4. The van der Waals surface area contributed by atoms with Gasteiger partial charge in [-0.05, 0) is 38.1 Å². The van der Waals surface area contributed by atoms with Gasteiger partial charge in [-0.3, -0.25) is 10.00 Å². The Bertz CT molecular complexity index is 1200. The van der Waals surface area contributed by atoms with Gasteiger partial charge >= 0.3 is 0 Å². The second-order valence-electron chi connectivity index (χ2n) is 9.32. The molecule has 1 aromatic carbocycles. The maximum Gasteiger partial charge on any atom is 0.158 e. The molecule has 0 radical (unpaired) electrons. The van der Waals surface area contributed by atoms with Crippen LogP contribution < -0.4 is 10.1 Å². The second kappa shape index (κ2) is 13.5. The van der Waals surface area contributed by atoms with Gasteiger partial charge in [0.25, 0.3) is 0 Å². The van der Waals surface area contributed by atoms with Crippen LogP contribution in [0.25, 0.3) is 11.0 Å². The highest BCUT2D eigenvalue weighted by Gasteiger charge is 2.32. The maximum atomic E-state index is 10.4. The van der Waals surface area contributed by atoms with E-state index in [4.69, 9.17) is 31.4 Å². The van der Waals surface area contributed by atoms with Crippen LogP contribution in [0.4, 0.5) is 5.82 Å². The van der Waals surface area contributed by atoms with Crippen molar-refractivity contribution < 1.29 is 30.3 Å². The quantitative estimate of drug-likeness (QED) is 0.152. The summed E-state index contributed by atoms with van der Waals surface area (Å²) >= 11 is 6.27. The summed E-state index contributed by atoms with van der Waals surface area (Å²) in [6, 6.07) is 5.10. The van der Waals surface area contributed by atoms with Crippen molar-refractivity contribution in [1.82, 2.24) is 25.1 Å². The first-order valence-electron chi connectivity index (χ1n) is 12.5. The topological polar surface area (TPSA) is 180 Å². The number of aryl methyl sites for hydroxylation is 1. The summed E-state index contributed by atoms with van der Waals surface area (Å²) in [6.07, 6.45) is -4.68. The van der Waals surface area contributed by atoms with Gasteiger partial charge in [-0.15, -0.1) is 0 Å². The number of aromatic amines is 1. The van der Waals surface area contributed by atoms with Crippen LogP contribution in [0, 0.1) is 0 Å². The summed E-state index contributed by atoms with van der Waals surface area (Å²) in [4.78, 5) is 11.2. The molecule has 5 atom stereocenters.